The van der Waals surface area contributed by atoms with Gasteiger partial charge in [0, 0.05) is 6.04 Å². The molecule has 0 bridgehead atoms. The summed E-state index contributed by atoms with van der Waals surface area (Å²) in [6.45, 7) is 12.6. The fourth-order valence-electron chi connectivity index (χ4n) is 3.35. The SMILES string of the molecule is CCNC1CC(C)(C)CCc2c(C)ccc(C)c21. The first-order chi connectivity index (χ1) is 8.44. The molecule has 0 spiro atoms. The molecule has 0 aliphatic heterocycles. The van der Waals surface area contributed by atoms with Gasteiger partial charge in [-0.05, 0) is 67.3 Å². The first-order valence-electron chi connectivity index (χ1n) is 7.27. The number of benzene rings is 1. The Kier molecular flexibility index (Phi) is 3.82. The molecule has 1 unspecified atom stereocenters. The van der Waals surface area contributed by atoms with Crippen LogP contribution in [0.5, 0.6) is 0 Å². The van der Waals surface area contributed by atoms with E-state index in [-0.39, 0.29) is 0 Å². The average Bonchev–Trinajstić information content (AvgIpc) is 2.42. The van der Waals surface area contributed by atoms with Gasteiger partial charge in [0.2, 0.25) is 0 Å². The van der Waals surface area contributed by atoms with Crippen molar-refractivity contribution < 1.29 is 0 Å². The summed E-state index contributed by atoms with van der Waals surface area (Å²) in [5.74, 6) is 0. The van der Waals surface area contributed by atoms with Crippen LogP contribution in [0.4, 0.5) is 0 Å². The van der Waals surface area contributed by atoms with E-state index in [9.17, 15) is 0 Å². The minimum Gasteiger partial charge on any atom is -0.310 e. The highest BCUT2D eigenvalue weighted by Gasteiger charge is 2.30. The van der Waals surface area contributed by atoms with E-state index in [4.69, 9.17) is 0 Å². The van der Waals surface area contributed by atoms with Crippen LogP contribution in [0.2, 0.25) is 0 Å². The molecule has 1 nitrogen and oxygen atoms in total. The van der Waals surface area contributed by atoms with Crippen LogP contribution in [-0.2, 0) is 6.42 Å². The van der Waals surface area contributed by atoms with Gasteiger partial charge in [-0.25, -0.2) is 0 Å². The topological polar surface area (TPSA) is 12.0 Å². The molecule has 0 amide bonds. The van der Waals surface area contributed by atoms with Gasteiger partial charge >= 0.3 is 0 Å². The Labute approximate surface area is 112 Å². The van der Waals surface area contributed by atoms with Gasteiger partial charge in [-0.1, -0.05) is 32.9 Å². The highest BCUT2D eigenvalue weighted by Crippen LogP contribution is 2.41. The van der Waals surface area contributed by atoms with Gasteiger partial charge in [0.15, 0.2) is 0 Å². The van der Waals surface area contributed by atoms with E-state index in [1.807, 2.05) is 0 Å². The molecule has 1 heteroatoms. The van der Waals surface area contributed by atoms with E-state index >= 15 is 0 Å². The van der Waals surface area contributed by atoms with Crippen molar-refractivity contribution in [2.24, 2.45) is 5.41 Å². The lowest BCUT2D eigenvalue weighted by atomic mass is 9.82. The number of hydrogen-bond donors (Lipinski definition) is 1. The minimum atomic E-state index is 0.435. The molecule has 0 saturated carbocycles. The zero-order chi connectivity index (χ0) is 13.3. The lowest BCUT2D eigenvalue weighted by Gasteiger charge is -2.28. The summed E-state index contributed by atoms with van der Waals surface area (Å²) in [5.41, 5.74) is 6.55. The summed E-state index contributed by atoms with van der Waals surface area (Å²) in [6.07, 6.45) is 3.78. The molecule has 2 rings (SSSR count). The Morgan fingerprint density at radius 2 is 1.89 bits per heavy atom. The van der Waals surface area contributed by atoms with Crippen molar-refractivity contribution >= 4 is 0 Å². The summed E-state index contributed by atoms with van der Waals surface area (Å²) in [4.78, 5) is 0. The molecule has 1 aliphatic rings. The average molecular weight is 245 g/mol. The predicted octanol–water partition coefficient (Wildman–Crippen LogP) is 4.32. The first-order valence-corrected chi connectivity index (χ1v) is 7.27. The second-order valence-corrected chi connectivity index (χ2v) is 6.57. The number of aryl methyl sites for hydroxylation is 2. The monoisotopic (exact) mass is 245 g/mol. The van der Waals surface area contributed by atoms with E-state index in [0.29, 0.717) is 11.5 Å². The summed E-state index contributed by atoms with van der Waals surface area (Å²) in [5, 5.41) is 3.70. The molecule has 1 aromatic rings. The second-order valence-electron chi connectivity index (χ2n) is 6.57. The molecular formula is C17H27N. The lowest BCUT2D eigenvalue weighted by Crippen LogP contribution is -2.26. The zero-order valence-corrected chi connectivity index (χ0v) is 12.6. The van der Waals surface area contributed by atoms with Crippen molar-refractivity contribution in [3.05, 3.63) is 34.4 Å². The molecule has 18 heavy (non-hydrogen) atoms. The van der Waals surface area contributed by atoms with Gasteiger partial charge in [0.05, 0.1) is 0 Å². The Bertz CT molecular complexity index is 431. The number of fused-ring (bicyclic) bond motifs is 1. The second kappa shape index (κ2) is 5.05. The Balaban J connectivity index is 2.50. The maximum atomic E-state index is 3.70. The fourth-order valence-corrected chi connectivity index (χ4v) is 3.35. The van der Waals surface area contributed by atoms with Crippen molar-refractivity contribution in [3.8, 4) is 0 Å². The highest BCUT2D eigenvalue weighted by molar-refractivity contribution is 5.43. The van der Waals surface area contributed by atoms with Crippen LogP contribution in [0.25, 0.3) is 0 Å². The third-order valence-corrected chi connectivity index (χ3v) is 4.42. The lowest BCUT2D eigenvalue weighted by molar-refractivity contribution is 0.275. The fraction of sp³-hybridized carbons (Fsp3) is 0.647. The smallest absolute Gasteiger partial charge is 0.0330 e. The zero-order valence-electron chi connectivity index (χ0n) is 12.6. The quantitative estimate of drug-likeness (QED) is 0.765. The van der Waals surface area contributed by atoms with Crippen LogP contribution in [0.1, 0.15) is 61.9 Å². The van der Waals surface area contributed by atoms with E-state index in [2.05, 4.69) is 52.1 Å². The summed E-state index contributed by atoms with van der Waals surface area (Å²) < 4.78 is 0. The molecule has 0 radical (unpaired) electrons. The molecule has 100 valence electrons. The normalized spacial score (nSPS) is 22.4. The van der Waals surface area contributed by atoms with Crippen molar-refractivity contribution in [1.29, 1.82) is 0 Å². The highest BCUT2D eigenvalue weighted by atomic mass is 14.9. The van der Waals surface area contributed by atoms with Gasteiger partial charge in [-0.2, -0.15) is 0 Å². The molecular weight excluding hydrogens is 218 g/mol. The first kappa shape index (κ1) is 13.6. The summed E-state index contributed by atoms with van der Waals surface area (Å²) in [6, 6.07) is 5.11. The van der Waals surface area contributed by atoms with E-state index in [1.165, 1.54) is 30.4 Å². The van der Waals surface area contributed by atoms with Crippen molar-refractivity contribution in [3.63, 3.8) is 0 Å². The standard InChI is InChI=1S/C17H27N/c1-6-18-15-11-17(4,5)10-9-14-12(2)7-8-13(3)16(14)15/h7-8,15,18H,6,9-11H2,1-5H3. The van der Waals surface area contributed by atoms with Crippen LogP contribution in [-0.4, -0.2) is 6.54 Å². The van der Waals surface area contributed by atoms with Gasteiger partial charge < -0.3 is 5.32 Å². The van der Waals surface area contributed by atoms with E-state index < -0.39 is 0 Å². The Morgan fingerprint density at radius 3 is 2.56 bits per heavy atom. The van der Waals surface area contributed by atoms with Crippen LogP contribution < -0.4 is 5.32 Å². The molecule has 1 aliphatic carbocycles. The summed E-state index contributed by atoms with van der Waals surface area (Å²) >= 11 is 0. The van der Waals surface area contributed by atoms with Gasteiger partial charge in [-0.3, -0.25) is 0 Å². The van der Waals surface area contributed by atoms with Crippen LogP contribution in [0, 0.1) is 19.3 Å². The van der Waals surface area contributed by atoms with Crippen LogP contribution in [0.15, 0.2) is 12.1 Å². The van der Waals surface area contributed by atoms with E-state index in [0.717, 1.165) is 6.54 Å². The van der Waals surface area contributed by atoms with Crippen molar-refractivity contribution in [2.75, 3.05) is 6.54 Å². The Hall–Kier alpha value is -0.820. The van der Waals surface area contributed by atoms with Gasteiger partial charge in [-0.15, -0.1) is 0 Å². The number of nitrogens with one attached hydrogen (secondary N) is 1. The summed E-state index contributed by atoms with van der Waals surface area (Å²) in [7, 11) is 0. The maximum Gasteiger partial charge on any atom is 0.0330 e. The minimum absolute atomic E-state index is 0.435. The van der Waals surface area contributed by atoms with E-state index in [1.54, 1.807) is 11.1 Å². The maximum absolute atomic E-state index is 3.70. The van der Waals surface area contributed by atoms with Crippen molar-refractivity contribution in [1.82, 2.24) is 5.32 Å². The van der Waals surface area contributed by atoms with Crippen LogP contribution >= 0.6 is 0 Å². The third kappa shape index (κ3) is 2.61. The molecule has 1 atom stereocenters. The largest absolute Gasteiger partial charge is 0.310 e. The third-order valence-electron chi connectivity index (χ3n) is 4.42. The molecule has 0 saturated heterocycles. The molecule has 1 aromatic carbocycles. The van der Waals surface area contributed by atoms with Gasteiger partial charge in [0.1, 0.15) is 0 Å². The molecule has 1 N–H and O–H groups in total. The van der Waals surface area contributed by atoms with Gasteiger partial charge in [0.25, 0.3) is 0 Å². The predicted molar refractivity (Wildman–Crippen MR) is 79.1 cm³/mol. The van der Waals surface area contributed by atoms with Crippen molar-refractivity contribution in [2.45, 2.75) is 59.9 Å². The van der Waals surface area contributed by atoms with Crippen LogP contribution in [0.3, 0.4) is 0 Å². The number of rotatable bonds is 2. The molecule has 0 heterocycles. The number of hydrogen-bond acceptors (Lipinski definition) is 1. The Morgan fingerprint density at radius 1 is 1.22 bits per heavy atom. The molecule has 0 fully saturated rings. The molecule has 0 aromatic heterocycles.